The van der Waals surface area contributed by atoms with Gasteiger partial charge in [-0.2, -0.15) is 0 Å². The highest BCUT2D eigenvalue weighted by Crippen LogP contribution is 2.29. The van der Waals surface area contributed by atoms with Gasteiger partial charge in [0.2, 0.25) is 5.78 Å². The number of thiophene rings is 1. The van der Waals surface area contributed by atoms with Crippen LogP contribution in [0.3, 0.4) is 0 Å². The van der Waals surface area contributed by atoms with Gasteiger partial charge in [0.15, 0.2) is 0 Å². The minimum absolute atomic E-state index is 0.0201. The van der Waals surface area contributed by atoms with Gasteiger partial charge in [0.05, 0.1) is 12.7 Å². The summed E-state index contributed by atoms with van der Waals surface area (Å²) in [6, 6.07) is 4.52. The Kier molecular flexibility index (Phi) is 3.34. The van der Waals surface area contributed by atoms with Crippen molar-refractivity contribution in [2.75, 3.05) is 12.8 Å². The molecule has 2 rings (SSSR count). The van der Waals surface area contributed by atoms with Gasteiger partial charge in [-0.1, -0.05) is 0 Å². The van der Waals surface area contributed by atoms with E-state index in [0.29, 0.717) is 21.9 Å². The molecule has 0 aliphatic heterocycles. The first-order valence-corrected chi connectivity index (χ1v) is 6.14. The molecule has 0 amide bonds. The van der Waals surface area contributed by atoms with E-state index in [9.17, 15) is 9.18 Å². The molecule has 1 aromatic heterocycles. The summed E-state index contributed by atoms with van der Waals surface area (Å²) in [6.45, 7) is 1.58. The fraction of sp³-hybridized carbons (Fsp3) is 0.154. The number of aryl methyl sites for hydroxylation is 1. The fourth-order valence-corrected chi connectivity index (χ4v) is 2.52. The summed E-state index contributed by atoms with van der Waals surface area (Å²) >= 11 is 1.22. The molecule has 0 aliphatic carbocycles. The summed E-state index contributed by atoms with van der Waals surface area (Å²) in [5.74, 6) is -0.496. The van der Waals surface area contributed by atoms with Crippen LogP contribution in [0.5, 0.6) is 5.75 Å². The van der Waals surface area contributed by atoms with Crippen molar-refractivity contribution in [2.45, 2.75) is 6.92 Å². The van der Waals surface area contributed by atoms with Crippen molar-refractivity contribution >= 4 is 22.8 Å². The molecule has 0 bridgehead atoms. The van der Waals surface area contributed by atoms with Gasteiger partial charge in [0.1, 0.15) is 16.4 Å². The van der Waals surface area contributed by atoms with Crippen molar-refractivity contribution in [1.29, 1.82) is 0 Å². The van der Waals surface area contributed by atoms with Crippen molar-refractivity contribution in [3.63, 3.8) is 0 Å². The summed E-state index contributed by atoms with van der Waals surface area (Å²) < 4.78 is 19.0. The standard InChI is InChI=1S/C13H12FNO2S/c1-7-5-8(15)6-9(11(7)14)12(16)13-10(17-2)3-4-18-13/h3-6H,15H2,1-2H3. The third kappa shape index (κ3) is 2.09. The third-order valence-corrected chi connectivity index (χ3v) is 3.47. The lowest BCUT2D eigenvalue weighted by Crippen LogP contribution is -2.06. The topological polar surface area (TPSA) is 52.3 Å². The van der Waals surface area contributed by atoms with E-state index in [2.05, 4.69) is 0 Å². The predicted octanol–water partition coefficient (Wildman–Crippen LogP) is 3.02. The Balaban J connectivity index is 2.53. The highest BCUT2D eigenvalue weighted by molar-refractivity contribution is 7.12. The Morgan fingerprint density at radius 1 is 1.44 bits per heavy atom. The lowest BCUT2D eigenvalue weighted by molar-refractivity contribution is 0.103. The molecule has 5 heteroatoms. The van der Waals surface area contributed by atoms with Crippen molar-refractivity contribution in [1.82, 2.24) is 0 Å². The highest BCUT2D eigenvalue weighted by Gasteiger charge is 2.20. The number of carbonyl (C=O) groups is 1. The number of rotatable bonds is 3. The summed E-state index contributed by atoms with van der Waals surface area (Å²) in [4.78, 5) is 12.6. The molecule has 1 aromatic carbocycles. The van der Waals surface area contributed by atoms with Crippen LogP contribution in [0.2, 0.25) is 0 Å². The lowest BCUT2D eigenvalue weighted by atomic mass is 10.0. The van der Waals surface area contributed by atoms with Gasteiger partial charge in [-0.15, -0.1) is 11.3 Å². The molecule has 0 radical (unpaired) electrons. The van der Waals surface area contributed by atoms with Crippen LogP contribution < -0.4 is 10.5 Å². The summed E-state index contributed by atoms with van der Waals surface area (Å²) in [5, 5.41) is 1.73. The number of anilines is 1. The maximum atomic E-state index is 13.9. The Bertz CT molecular complexity index is 607. The quantitative estimate of drug-likeness (QED) is 0.685. The first-order chi connectivity index (χ1) is 8.54. The number of halogens is 1. The minimum atomic E-state index is -0.537. The molecule has 3 nitrogen and oxygen atoms in total. The largest absolute Gasteiger partial charge is 0.495 e. The van der Waals surface area contributed by atoms with E-state index in [1.807, 2.05) is 0 Å². The first-order valence-electron chi connectivity index (χ1n) is 5.26. The van der Waals surface area contributed by atoms with Crippen LogP contribution >= 0.6 is 11.3 Å². The number of ketones is 1. The van der Waals surface area contributed by atoms with Gasteiger partial charge >= 0.3 is 0 Å². The molecule has 94 valence electrons. The Morgan fingerprint density at radius 2 is 2.17 bits per heavy atom. The number of nitrogens with two attached hydrogens (primary N) is 1. The fourth-order valence-electron chi connectivity index (χ4n) is 1.71. The molecule has 2 N–H and O–H groups in total. The van der Waals surface area contributed by atoms with E-state index in [-0.39, 0.29) is 5.56 Å². The van der Waals surface area contributed by atoms with Crippen LogP contribution in [0, 0.1) is 12.7 Å². The van der Waals surface area contributed by atoms with Crippen LogP contribution in [-0.2, 0) is 0 Å². The molecule has 0 unspecified atom stereocenters. The number of ether oxygens (including phenoxy) is 1. The molecule has 0 fully saturated rings. The Morgan fingerprint density at radius 3 is 2.83 bits per heavy atom. The number of nitrogen functional groups attached to an aromatic ring is 1. The zero-order valence-corrected chi connectivity index (χ0v) is 10.8. The van der Waals surface area contributed by atoms with E-state index in [0.717, 1.165) is 0 Å². The SMILES string of the molecule is COc1ccsc1C(=O)c1cc(N)cc(C)c1F. The maximum Gasteiger partial charge on any atom is 0.209 e. The molecule has 0 saturated carbocycles. The molecule has 0 spiro atoms. The van der Waals surface area contributed by atoms with E-state index in [1.54, 1.807) is 18.4 Å². The molecular formula is C13H12FNO2S. The molecule has 0 atom stereocenters. The predicted molar refractivity (Wildman–Crippen MR) is 69.9 cm³/mol. The average molecular weight is 265 g/mol. The molecule has 0 aliphatic rings. The zero-order valence-electron chi connectivity index (χ0n) is 9.99. The van der Waals surface area contributed by atoms with Crippen LogP contribution in [0.15, 0.2) is 23.6 Å². The lowest BCUT2D eigenvalue weighted by Gasteiger charge is -2.07. The molecule has 18 heavy (non-hydrogen) atoms. The second-order valence-electron chi connectivity index (χ2n) is 3.85. The average Bonchev–Trinajstić information content (AvgIpc) is 2.81. The van der Waals surface area contributed by atoms with Gasteiger partial charge in [-0.05, 0) is 36.1 Å². The molecule has 2 aromatic rings. The van der Waals surface area contributed by atoms with Crippen LogP contribution in [0.4, 0.5) is 10.1 Å². The normalized spacial score (nSPS) is 10.4. The Hall–Kier alpha value is -1.88. The van der Waals surface area contributed by atoms with Crippen LogP contribution in [0.25, 0.3) is 0 Å². The monoisotopic (exact) mass is 265 g/mol. The van der Waals surface area contributed by atoms with Crippen LogP contribution in [0.1, 0.15) is 20.8 Å². The summed E-state index contributed by atoms with van der Waals surface area (Å²) in [6.07, 6.45) is 0. The van der Waals surface area contributed by atoms with Crippen molar-refractivity contribution in [3.05, 3.63) is 45.4 Å². The Labute approximate surface area is 108 Å². The summed E-state index contributed by atoms with van der Waals surface area (Å²) in [5.41, 5.74) is 6.35. The smallest absolute Gasteiger partial charge is 0.209 e. The third-order valence-electron chi connectivity index (χ3n) is 2.58. The van der Waals surface area contributed by atoms with E-state index < -0.39 is 11.6 Å². The first kappa shape index (κ1) is 12.6. The van der Waals surface area contributed by atoms with E-state index in [4.69, 9.17) is 10.5 Å². The number of benzene rings is 1. The molecule has 1 heterocycles. The number of hydrogen-bond donors (Lipinski definition) is 1. The van der Waals surface area contributed by atoms with Crippen molar-refractivity contribution in [2.24, 2.45) is 0 Å². The second kappa shape index (κ2) is 4.78. The molecule has 0 saturated heterocycles. The van der Waals surface area contributed by atoms with Gasteiger partial charge < -0.3 is 10.5 Å². The highest BCUT2D eigenvalue weighted by atomic mass is 32.1. The van der Waals surface area contributed by atoms with Crippen molar-refractivity contribution in [3.8, 4) is 5.75 Å². The van der Waals surface area contributed by atoms with Gasteiger partial charge in [-0.3, -0.25) is 4.79 Å². The second-order valence-corrected chi connectivity index (χ2v) is 4.76. The molecular weight excluding hydrogens is 253 g/mol. The van der Waals surface area contributed by atoms with Gasteiger partial charge in [-0.25, -0.2) is 4.39 Å². The summed E-state index contributed by atoms with van der Waals surface area (Å²) in [7, 11) is 1.47. The minimum Gasteiger partial charge on any atom is -0.495 e. The van der Waals surface area contributed by atoms with Gasteiger partial charge in [0, 0.05) is 5.69 Å². The van der Waals surface area contributed by atoms with E-state index >= 15 is 0 Å². The van der Waals surface area contributed by atoms with Crippen LogP contribution in [-0.4, -0.2) is 12.9 Å². The maximum absolute atomic E-state index is 13.9. The number of carbonyl (C=O) groups excluding carboxylic acids is 1. The number of methoxy groups -OCH3 is 1. The zero-order chi connectivity index (χ0) is 13.3. The number of hydrogen-bond acceptors (Lipinski definition) is 4. The van der Waals surface area contributed by atoms with Crippen molar-refractivity contribution < 1.29 is 13.9 Å². The van der Waals surface area contributed by atoms with E-state index in [1.165, 1.54) is 30.6 Å². The van der Waals surface area contributed by atoms with Gasteiger partial charge in [0.25, 0.3) is 0 Å².